The molecule has 0 radical (unpaired) electrons. The van der Waals surface area contributed by atoms with Crippen molar-refractivity contribution in [3.8, 4) is 11.4 Å². The summed E-state index contributed by atoms with van der Waals surface area (Å²) in [5, 5.41) is 8.19. The van der Waals surface area contributed by atoms with Gasteiger partial charge in [0.15, 0.2) is 5.82 Å². The predicted molar refractivity (Wildman–Crippen MR) is 69.5 cm³/mol. The molecule has 0 fully saturated rings. The summed E-state index contributed by atoms with van der Waals surface area (Å²) >= 11 is 0. The summed E-state index contributed by atoms with van der Waals surface area (Å²) in [5.74, 6) is 1.17. The van der Waals surface area contributed by atoms with Crippen LogP contribution in [0, 0.1) is 5.82 Å². The molecule has 0 spiro atoms. The molecule has 1 aromatic carbocycles. The van der Waals surface area contributed by atoms with Crippen molar-refractivity contribution in [2.45, 2.75) is 19.3 Å². The SMILES string of the molecule is C=CCCCc1nnc(-c2ccccc2F)n1C. The van der Waals surface area contributed by atoms with Crippen LogP contribution in [0.3, 0.4) is 0 Å². The van der Waals surface area contributed by atoms with Gasteiger partial charge in [-0.15, -0.1) is 16.8 Å². The molecule has 2 rings (SSSR count). The second-order valence-electron chi connectivity index (χ2n) is 4.16. The summed E-state index contributed by atoms with van der Waals surface area (Å²) in [6, 6.07) is 6.61. The zero-order valence-corrected chi connectivity index (χ0v) is 10.4. The molecule has 94 valence electrons. The maximum Gasteiger partial charge on any atom is 0.166 e. The summed E-state index contributed by atoms with van der Waals surface area (Å²) in [7, 11) is 1.87. The largest absolute Gasteiger partial charge is 0.314 e. The van der Waals surface area contributed by atoms with Crippen LogP contribution in [-0.4, -0.2) is 14.8 Å². The van der Waals surface area contributed by atoms with E-state index in [-0.39, 0.29) is 5.82 Å². The zero-order chi connectivity index (χ0) is 13.0. The van der Waals surface area contributed by atoms with Crippen LogP contribution in [0.1, 0.15) is 18.7 Å². The molecule has 0 aliphatic rings. The Kier molecular flexibility index (Phi) is 3.87. The second kappa shape index (κ2) is 5.58. The molecule has 4 heteroatoms. The molecule has 0 aliphatic heterocycles. The molecule has 1 aromatic heterocycles. The first-order valence-corrected chi connectivity index (χ1v) is 5.98. The summed E-state index contributed by atoms with van der Waals surface area (Å²) in [4.78, 5) is 0. The van der Waals surface area contributed by atoms with Gasteiger partial charge in [-0.05, 0) is 25.0 Å². The van der Waals surface area contributed by atoms with Crippen LogP contribution in [0.25, 0.3) is 11.4 Å². The highest BCUT2D eigenvalue weighted by atomic mass is 19.1. The van der Waals surface area contributed by atoms with E-state index in [0.717, 1.165) is 25.1 Å². The topological polar surface area (TPSA) is 30.7 Å². The number of rotatable bonds is 5. The molecule has 0 amide bonds. The molecule has 0 N–H and O–H groups in total. The van der Waals surface area contributed by atoms with Crippen molar-refractivity contribution in [3.05, 3.63) is 48.6 Å². The molecule has 1 heterocycles. The van der Waals surface area contributed by atoms with E-state index in [0.29, 0.717) is 11.4 Å². The van der Waals surface area contributed by atoms with Gasteiger partial charge < -0.3 is 4.57 Å². The number of nitrogens with zero attached hydrogens (tertiary/aromatic N) is 3. The quantitative estimate of drug-likeness (QED) is 0.598. The van der Waals surface area contributed by atoms with Crippen molar-refractivity contribution in [1.82, 2.24) is 14.8 Å². The van der Waals surface area contributed by atoms with E-state index in [1.54, 1.807) is 18.2 Å². The highest BCUT2D eigenvalue weighted by molar-refractivity contribution is 5.55. The van der Waals surface area contributed by atoms with Crippen LogP contribution < -0.4 is 0 Å². The molecule has 0 bridgehead atoms. The number of hydrogen-bond acceptors (Lipinski definition) is 2. The van der Waals surface area contributed by atoms with Crippen molar-refractivity contribution in [2.24, 2.45) is 7.05 Å². The van der Waals surface area contributed by atoms with Crippen LogP contribution in [0.5, 0.6) is 0 Å². The highest BCUT2D eigenvalue weighted by Crippen LogP contribution is 2.20. The summed E-state index contributed by atoms with van der Waals surface area (Å²) in [6.07, 6.45) is 4.63. The first kappa shape index (κ1) is 12.5. The molecular weight excluding hydrogens is 229 g/mol. The molecule has 2 aromatic rings. The lowest BCUT2D eigenvalue weighted by atomic mass is 10.2. The lowest BCUT2D eigenvalue weighted by Gasteiger charge is -2.04. The van der Waals surface area contributed by atoms with Crippen LogP contribution in [0.4, 0.5) is 4.39 Å². The van der Waals surface area contributed by atoms with E-state index in [1.165, 1.54) is 6.07 Å². The maximum absolute atomic E-state index is 13.7. The Bertz CT molecular complexity index is 546. The van der Waals surface area contributed by atoms with Crippen molar-refractivity contribution in [2.75, 3.05) is 0 Å². The summed E-state index contributed by atoms with van der Waals surface area (Å²) in [5.41, 5.74) is 0.488. The molecule has 0 aliphatic carbocycles. The Balaban J connectivity index is 2.25. The fraction of sp³-hybridized carbons (Fsp3) is 0.286. The molecule has 0 saturated heterocycles. The lowest BCUT2D eigenvalue weighted by molar-refractivity contribution is 0.628. The lowest BCUT2D eigenvalue weighted by Crippen LogP contribution is -2.00. The highest BCUT2D eigenvalue weighted by Gasteiger charge is 2.13. The van der Waals surface area contributed by atoms with Gasteiger partial charge >= 0.3 is 0 Å². The normalized spacial score (nSPS) is 10.6. The minimum absolute atomic E-state index is 0.273. The van der Waals surface area contributed by atoms with Gasteiger partial charge in [0.2, 0.25) is 0 Å². The van der Waals surface area contributed by atoms with E-state index in [2.05, 4.69) is 16.8 Å². The Morgan fingerprint density at radius 1 is 1.33 bits per heavy atom. The van der Waals surface area contributed by atoms with E-state index in [1.807, 2.05) is 17.7 Å². The van der Waals surface area contributed by atoms with E-state index >= 15 is 0 Å². The number of aromatic nitrogens is 3. The maximum atomic E-state index is 13.7. The van der Waals surface area contributed by atoms with Crippen LogP contribution >= 0.6 is 0 Å². The Hall–Kier alpha value is -1.97. The minimum Gasteiger partial charge on any atom is -0.314 e. The number of halogens is 1. The van der Waals surface area contributed by atoms with Gasteiger partial charge in [-0.2, -0.15) is 0 Å². The average Bonchev–Trinajstić information content (AvgIpc) is 2.72. The average molecular weight is 245 g/mol. The van der Waals surface area contributed by atoms with Gasteiger partial charge in [0.05, 0.1) is 5.56 Å². The van der Waals surface area contributed by atoms with Crippen LogP contribution in [0.2, 0.25) is 0 Å². The molecule has 0 unspecified atom stereocenters. The predicted octanol–water partition coefficient (Wildman–Crippen LogP) is 3.13. The van der Waals surface area contributed by atoms with Gasteiger partial charge in [0.25, 0.3) is 0 Å². The van der Waals surface area contributed by atoms with Gasteiger partial charge in [-0.1, -0.05) is 18.2 Å². The third-order valence-electron chi connectivity index (χ3n) is 2.89. The molecule has 3 nitrogen and oxygen atoms in total. The third-order valence-corrected chi connectivity index (χ3v) is 2.89. The first-order valence-electron chi connectivity index (χ1n) is 5.98. The standard InChI is InChI=1S/C14H16FN3/c1-3-4-5-10-13-16-17-14(18(13)2)11-8-6-7-9-12(11)15/h3,6-9H,1,4-5,10H2,2H3. The minimum atomic E-state index is -0.273. The summed E-state index contributed by atoms with van der Waals surface area (Å²) in [6.45, 7) is 3.69. The number of unbranched alkanes of at least 4 members (excludes halogenated alkanes) is 1. The zero-order valence-electron chi connectivity index (χ0n) is 10.4. The fourth-order valence-electron chi connectivity index (χ4n) is 1.86. The Morgan fingerprint density at radius 3 is 2.83 bits per heavy atom. The van der Waals surface area contributed by atoms with E-state index < -0.39 is 0 Å². The number of hydrogen-bond donors (Lipinski definition) is 0. The van der Waals surface area contributed by atoms with Crippen molar-refractivity contribution >= 4 is 0 Å². The molecular formula is C14H16FN3. The smallest absolute Gasteiger partial charge is 0.166 e. The first-order chi connectivity index (χ1) is 8.74. The van der Waals surface area contributed by atoms with Gasteiger partial charge in [0, 0.05) is 13.5 Å². The number of aryl methyl sites for hydroxylation is 1. The van der Waals surface area contributed by atoms with E-state index in [9.17, 15) is 4.39 Å². The Labute approximate surface area is 106 Å². The number of benzene rings is 1. The van der Waals surface area contributed by atoms with E-state index in [4.69, 9.17) is 0 Å². The van der Waals surface area contributed by atoms with Crippen molar-refractivity contribution in [1.29, 1.82) is 0 Å². The molecule has 18 heavy (non-hydrogen) atoms. The van der Waals surface area contributed by atoms with Crippen molar-refractivity contribution in [3.63, 3.8) is 0 Å². The second-order valence-corrected chi connectivity index (χ2v) is 4.16. The van der Waals surface area contributed by atoms with Gasteiger partial charge in [-0.25, -0.2) is 4.39 Å². The molecule has 0 saturated carbocycles. The monoisotopic (exact) mass is 245 g/mol. The summed E-state index contributed by atoms with van der Waals surface area (Å²) < 4.78 is 15.5. The Morgan fingerprint density at radius 2 is 2.11 bits per heavy atom. The van der Waals surface area contributed by atoms with Gasteiger partial charge in [0.1, 0.15) is 11.6 Å². The van der Waals surface area contributed by atoms with Crippen molar-refractivity contribution < 1.29 is 4.39 Å². The van der Waals surface area contributed by atoms with Crippen LogP contribution in [-0.2, 0) is 13.5 Å². The third kappa shape index (κ3) is 2.47. The molecule has 0 atom stereocenters. The number of allylic oxidation sites excluding steroid dienone is 1. The fourth-order valence-corrected chi connectivity index (χ4v) is 1.86. The van der Waals surface area contributed by atoms with Gasteiger partial charge in [-0.3, -0.25) is 0 Å². The van der Waals surface area contributed by atoms with Crippen LogP contribution in [0.15, 0.2) is 36.9 Å².